The molecule has 1 N–H and O–H groups in total. The molecule has 0 saturated carbocycles. The van der Waals surface area contributed by atoms with Gasteiger partial charge < -0.3 is 4.74 Å². The average Bonchev–Trinajstić information content (AvgIpc) is 2.47. The van der Waals surface area contributed by atoms with Crippen LogP contribution in [0.1, 0.15) is 10.4 Å². The fraction of sp³-hybridized carbons (Fsp3) is 0.462. The van der Waals surface area contributed by atoms with Crippen molar-refractivity contribution in [2.45, 2.75) is 4.90 Å². The van der Waals surface area contributed by atoms with E-state index < -0.39 is 10.0 Å². The van der Waals surface area contributed by atoms with Gasteiger partial charge in [0.25, 0.3) is 5.91 Å². The fourth-order valence-corrected chi connectivity index (χ4v) is 4.39. The van der Waals surface area contributed by atoms with Crippen molar-refractivity contribution in [3.8, 4) is 0 Å². The predicted octanol–water partition coefficient (Wildman–Crippen LogP) is 0.676. The Kier molecular flexibility index (Phi) is 5.56. The molecule has 1 aliphatic rings. The van der Waals surface area contributed by atoms with Gasteiger partial charge in [-0.3, -0.25) is 10.2 Å². The molecule has 0 unspecified atom stereocenters. The minimum atomic E-state index is -3.66. The van der Waals surface area contributed by atoms with Crippen LogP contribution in [0.3, 0.4) is 0 Å². The number of ether oxygens (including phenoxy) is 1. The molecule has 1 amide bonds. The summed E-state index contributed by atoms with van der Waals surface area (Å²) in [5.41, 5.74) is 2.87. The van der Waals surface area contributed by atoms with E-state index >= 15 is 0 Å². The van der Waals surface area contributed by atoms with E-state index in [4.69, 9.17) is 4.74 Å². The lowest BCUT2D eigenvalue weighted by atomic mass is 10.2. The highest BCUT2D eigenvalue weighted by molar-refractivity contribution is 9.10. The molecule has 1 aliphatic heterocycles. The van der Waals surface area contributed by atoms with Crippen molar-refractivity contribution in [2.75, 3.05) is 40.4 Å². The smallest absolute Gasteiger partial charge is 0.265 e. The number of hydrogen-bond acceptors (Lipinski definition) is 5. The van der Waals surface area contributed by atoms with Crippen LogP contribution in [-0.4, -0.2) is 64.0 Å². The monoisotopic (exact) mass is 391 g/mol. The Balaban J connectivity index is 2.35. The summed E-state index contributed by atoms with van der Waals surface area (Å²) in [6.07, 6.45) is 0. The van der Waals surface area contributed by atoms with Gasteiger partial charge in [0.05, 0.1) is 18.1 Å². The van der Waals surface area contributed by atoms with Gasteiger partial charge in [0.1, 0.15) is 0 Å². The van der Waals surface area contributed by atoms with Crippen molar-refractivity contribution in [1.29, 1.82) is 0 Å². The number of benzene rings is 1. The summed E-state index contributed by atoms with van der Waals surface area (Å²) < 4.78 is 32.4. The van der Waals surface area contributed by atoms with E-state index in [1.54, 1.807) is 26.2 Å². The highest BCUT2D eigenvalue weighted by Crippen LogP contribution is 2.26. The van der Waals surface area contributed by atoms with Crippen LogP contribution in [0.4, 0.5) is 0 Å². The van der Waals surface area contributed by atoms with Gasteiger partial charge in [-0.25, -0.2) is 13.4 Å². The van der Waals surface area contributed by atoms with Crippen molar-refractivity contribution in [1.82, 2.24) is 14.7 Å². The molecule has 1 fully saturated rings. The van der Waals surface area contributed by atoms with E-state index in [2.05, 4.69) is 21.4 Å². The van der Waals surface area contributed by atoms with Gasteiger partial charge in [-0.1, -0.05) is 0 Å². The van der Waals surface area contributed by atoms with E-state index in [9.17, 15) is 13.2 Å². The van der Waals surface area contributed by atoms with Crippen LogP contribution in [0.15, 0.2) is 27.6 Å². The predicted molar refractivity (Wildman–Crippen MR) is 84.9 cm³/mol. The van der Waals surface area contributed by atoms with Crippen molar-refractivity contribution in [3.05, 3.63) is 28.2 Å². The third-order valence-corrected chi connectivity index (χ3v) is 6.00. The second-order valence-corrected chi connectivity index (χ2v) is 7.76. The largest absolute Gasteiger partial charge is 0.379 e. The molecule has 2 rings (SSSR count). The molecule has 22 heavy (non-hydrogen) atoms. The molecule has 0 radical (unpaired) electrons. The zero-order valence-electron chi connectivity index (χ0n) is 12.4. The van der Waals surface area contributed by atoms with Gasteiger partial charge in [0, 0.05) is 37.2 Å². The second kappa shape index (κ2) is 7.05. The van der Waals surface area contributed by atoms with Gasteiger partial charge in [-0.15, -0.1) is 0 Å². The molecule has 7 nitrogen and oxygen atoms in total. The summed E-state index contributed by atoms with van der Waals surface area (Å²) in [7, 11) is -0.299. The Morgan fingerprint density at radius 2 is 1.95 bits per heavy atom. The Bertz CT molecular complexity index is 657. The van der Waals surface area contributed by atoms with E-state index in [-0.39, 0.29) is 16.4 Å². The van der Waals surface area contributed by atoms with Crippen LogP contribution in [0.5, 0.6) is 0 Å². The number of nitrogens with one attached hydrogen (secondary N) is 1. The summed E-state index contributed by atoms with van der Waals surface area (Å²) in [4.78, 5) is 12.1. The van der Waals surface area contributed by atoms with Gasteiger partial charge in [0.15, 0.2) is 0 Å². The Morgan fingerprint density at radius 3 is 2.55 bits per heavy atom. The number of sulfonamides is 1. The second-order valence-electron chi connectivity index (χ2n) is 5.00. The normalized spacial score (nSPS) is 16.7. The van der Waals surface area contributed by atoms with E-state index in [1.807, 2.05) is 0 Å². The van der Waals surface area contributed by atoms with Crippen LogP contribution in [0.2, 0.25) is 0 Å². The first-order chi connectivity index (χ1) is 10.3. The number of carbonyl (C=O) groups excluding carboxylic acids is 1. The molecule has 1 heterocycles. The maximum atomic E-state index is 12.7. The first-order valence-corrected chi connectivity index (χ1v) is 8.91. The lowest BCUT2D eigenvalue weighted by Gasteiger charge is -2.26. The summed E-state index contributed by atoms with van der Waals surface area (Å²) in [6, 6.07) is 4.52. The summed E-state index contributed by atoms with van der Waals surface area (Å²) in [5, 5.41) is 1.50. The summed E-state index contributed by atoms with van der Waals surface area (Å²) in [5.74, 6) is -0.365. The minimum absolute atomic E-state index is 0.0841. The number of hydrogen-bond donors (Lipinski definition) is 1. The summed E-state index contributed by atoms with van der Waals surface area (Å²) in [6.45, 7) is 1.36. The average molecular weight is 392 g/mol. The van der Waals surface area contributed by atoms with Crippen LogP contribution in [0.25, 0.3) is 0 Å². The summed E-state index contributed by atoms with van der Waals surface area (Å²) >= 11 is 3.25. The van der Waals surface area contributed by atoms with Crippen LogP contribution in [-0.2, 0) is 14.8 Å². The van der Waals surface area contributed by atoms with Crippen LogP contribution < -0.4 is 5.43 Å². The topological polar surface area (TPSA) is 79.0 Å². The Morgan fingerprint density at radius 1 is 1.32 bits per heavy atom. The number of carbonyl (C=O) groups is 1. The van der Waals surface area contributed by atoms with Crippen LogP contribution in [0, 0.1) is 0 Å². The molecule has 122 valence electrons. The first kappa shape index (κ1) is 17.4. The minimum Gasteiger partial charge on any atom is -0.379 e. The molecule has 0 aliphatic carbocycles. The maximum absolute atomic E-state index is 12.7. The third-order valence-electron chi connectivity index (χ3n) is 3.11. The number of halogens is 1. The fourth-order valence-electron chi connectivity index (χ4n) is 2.04. The van der Waals surface area contributed by atoms with Crippen molar-refractivity contribution in [2.24, 2.45) is 0 Å². The van der Waals surface area contributed by atoms with Gasteiger partial charge in [-0.05, 0) is 34.1 Å². The van der Waals surface area contributed by atoms with Crippen molar-refractivity contribution in [3.63, 3.8) is 0 Å². The maximum Gasteiger partial charge on any atom is 0.265 e. The molecular formula is C13H18BrN3O4S. The quantitative estimate of drug-likeness (QED) is 0.763. The number of amides is 1. The Labute approximate surface area is 138 Å². The van der Waals surface area contributed by atoms with E-state index in [0.29, 0.717) is 30.8 Å². The molecule has 0 bridgehead atoms. The zero-order chi connectivity index (χ0) is 16.3. The molecule has 1 aromatic carbocycles. The highest BCUT2D eigenvalue weighted by atomic mass is 79.9. The highest BCUT2D eigenvalue weighted by Gasteiger charge is 2.28. The molecule has 1 aromatic rings. The first-order valence-electron chi connectivity index (χ1n) is 6.68. The standard InChI is InChI=1S/C13H18BrN3O4S/c1-16(2)15-13(18)10-3-4-11(14)12(9-10)22(19,20)17-5-7-21-8-6-17/h3-4,9H,5-8H2,1-2H3,(H,15,18). The number of rotatable bonds is 4. The molecular weight excluding hydrogens is 374 g/mol. The lowest BCUT2D eigenvalue weighted by Crippen LogP contribution is -2.41. The lowest BCUT2D eigenvalue weighted by molar-refractivity contribution is 0.0730. The van der Waals surface area contributed by atoms with Crippen molar-refractivity contribution >= 4 is 31.9 Å². The van der Waals surface area contributed by atoms with E-state index in [1.165, 1.54) is 15.4 Å². The van der Waals surface area contributed by atoms with Gasteiger partial charge >= 0.3 is 0 Å². The Hall–Kier alpha value is -1.00. The SMILES string of the molecule is CN(C)NC(=O)c1ccc(Br)c(S(=O)(=O)N2CCOCC2)c1. The molecule has 1 saturated heterocycles. The molecule has 9 heteroatoms. The molecule has 0 atom stereocenters. The number of nitrogens with zero attached hydrogens (tertiary/aromatic N) is 2. The molecule has 0 spiro atoms. The van der Waals surface area contributed by atoms with Gasteiger partial charge in [0.2, 0.25) is 10.0 Å². The molecule has 0 aromatic heterocycles. The van der Waals surface area contributed by atoms with Gasteiger partial charge in [-0.2, -0.15) is 4.31 Å². The van der Waals surface area contributed by atoms with Crippen LogP contribution >= 0.6 is 15.9 Å². The number of morpholine rings is 1. The van der Waals surface area contributed by atoms with Crippen molar-refractivity contribution < 1.29 is 17.9 Å². The number of hydrazine groups is 1. The zero-order valence-corrected chi connectivity index (χ0v) is 14.8. The third kappa shape index (κ3) is 3.85. The van der Waals surface area contributed by atoms with E-state index in [0.717, 1.165) is 0 Å².